The second kappa shape index (κ2) is 4.74. The Balaban J connectivity index is 3.03. The average Bonchev–Trinajstić information content (AvgIpc) is 2.20. The molecule has 0 aliphatic heterocycles. The van der Waals surface area contributed by atoms with E-state index in [1.165, 1.54) is 19.2 Å². The minimum Gasteiger partial charge on any atom is -0.494 e. The number of hydrogen-bond donors (Lipinski definition) is 0. The first-order chi connectivity index (χ1) is 6.72. The van der Waals surface area contributed by atoms with Gasteiger partial charge in [0.1, 0.15) is 10.5 Å². The molecule has 0 heterocycles. The Morgan fingerprint density at radius 1 is 1.57 bits per heavy atom. The minimum atomic E-state index is -0.679. The van der Waals surface area contributed by atoms with Gasteiger partial charge in [-0.2, -0.15) is 5.26 Å². The van der Waals surface area contributed by atoms with Crippen LogP contribution in [-0.4, -0.2) is 17.6 Å². The Labute approximate surface area is 84.6 Å². The van der Waals surface area contributed by atoms with E-state index in [-0.39, 0.29) is 5.75 Å². The largest absolute Gasteiger partial charge is 0.494 e. The van der Waals surface area contributed by atoms with Gasteiger partial charge in [0.15, 0.2) is 17.7 Å². The van der Waals surface area contributed by atoms with E-state index in [0.717, 1.165) is 0 Å². The third-order valence-corrected chi connectivity index (χ3v) is 2.30. The van der Waals surface area contributed by atoms with Gasteiger partial charge in [0.2, 0.25) is 0 Å². The van der Waals surface area contributed by atoms with Crippen LogP contribution in [-0.2, 0) is 4.43 Å². The molecule has 0 saturated heterocycles. The molecule has 14 heavy (non-hydrogen) atoms. The fourth-order valence-corrected chi connectivity index (χ4v) is 1.49. The molecule has 1 aromatic rings. The summed E-state index contributed by atoms with van der Waals surface area (Å²) in [4.78, 5) is 0. The van der Waals surface area contributed by atoms with Gasteiger partial charge in [0.05, 0.1) is 13.2 Å². The Bertz CT molecular complexity index is 364. The molecule has 0 saturated carbocycles. The summed E-state index contributed by atoms with van der Waals surface area (Å²) < 4.78 is 22.9. The molecular formula is C9H10FNO2Si. The predicted octanol–water partition coefficient (Wildman–Crippen LogP) is 0.696. The van der Waals surface area contributed by atoms with Gasteiger partial charge in [0, 0.05) is 0 Å². The molecule has 0 bridgehead atoms. The van der Waals surface area contributed by atoms with Crippen molar-refractivity contribution in [3.63, 3.8) is 0 Å². The van der Waals surface area contributed by atoms with E-state index in [1.54, 1.807) is 6.07 Å². The molecule has 0 aromatic heterocycles. The topological polar surface area (TPSA) is 42.2 Å². The van der Waals surface area contributed by atoms with Crippen LogP contribution < -0.4 is 4.74 Å². The zero-order valence-corrected chi connectivity index (χ0v) is 9.95. The molecule has 1 rings (SSSR count). The first-order valence-corrected chi connectivity index (χ1v) is 4.80. The summed E-state index contributed by atoms with van der Waals surface area (Å²) in [6.45, 7) is 0. The maximum absolute atomic E-state index is 13.2. The number of nitrogens with zero attached hydrogens (tertiary/aromatic N) is 1. The molecule has 0 aliphatic carbocycles. The number of halogens is 1. The Morgan fingerprint density at radius 2 is 2.29 bits per heavy atom. The molecule has 0 amide bonds. The van der Waals surface area contributed by atoms with Crippen LogP contribution in [0.15, 0.2) is 18.2 Å². The molecule has 5 heteroatoms. The summed E-state index contributed by atoms with van der Waals surface area (Å²) in [5.74, 6) is -0.317. The maximum Gasteiger partial charge on any atom is 0.165 e. The molecule has 0 spiro atoms. The van der Waals surface area contributed by atoms with Crippen LogP contribution in [0.2, 0.25) is 0 Å². The molecule has 0 aliphatic rings. The molecule has 1 atom stereocenters. The lowest BCUT2D eigenvalue weighted by molar-refractivity contribution is 0.288. The smallest absolute Gasteiger partial charge is 0.165 e. The van der Waals surface area contributed by atoms with Gasteiger partial charge in [-0.25, -0.2) is 4.39 Å². The number of ether oxygens (including phenoxy) is 1. The number of rotatable bonds is 3. The summed E-state index contributed by atoms with van der Waals surface area (Å²) in [5, 5.41) is 8.69. The van der Waals surface area contributed by atoms with Crippen molar-refractivity contribution in [1.29, 1.82) is 5.26 Å². The van der Waals surface area contributed by atoms with Crippen molar-refractivity contribution in [1.82, 2.24) is 0 Å². The van der Waals surface area contributed by atoms with E-state index in [0.29, 0.717) is 16.0 Å². The van der Waals surface area contributed by atoms with Gasteiger partial charge in [0.25, 0.3) is 0 Å². The summed E-state index contributed by atoms with van der Waals surface area (Å²) >= 11 is 0. The van der Waals surface area contributed by atoms with Crippen LogP contribution in [0, 0.1) is 17.1 Å². The Kier molecular flexibility index (Phi) is 3.62. The van der Waals surface area contributed by atoms with E-state index in [4.69, 9.17) is 14.4 Å². The lowest BCUT2D eigenvalue weighted by Crippen LogP contribution is -2.00. The molecule has 0 radical (unpaired) electrons. The molecule has 1 unspecified atom stereocenters. The van der Waals surface area contributed by atoms with Crippen LogP contribution in [0.4, 0.5) is 4.39 Å². The van der Waals surface area contributed by atoms with Crippen molar-refractivity contribution in [2.24, 2.45) is 0 Å². The van der Waals surface area contributed by atoms with E-state index in [2.05, 4.69) is 0 Å². The van der Waals surface area contributed by atoms with E-state index in [9.17, 15) is 4.39 Å². The SMILES string of the molecule is COc1ccc(C(C#N)O[SiH3])cc1F. The predicted molar refractivity (Wildman–Crippen MR) is 52.3 cm³/mol. The van der Waals surface area contributed by atoms with Crippen LogP contribution in [0.25, 0.3) is 0 Å². The zero-order valence-electron chi connectivity index (χ0n) is 7.95. The molecule has 74 valence electrons. The van der Waals surface area contributed by atoms with Gasteiger partial charge in [-0.15, -0.1) is 0 Å². The van der Waals surface area contributed by atoms with E-state index >= 15 is 0 Å². The Hall–Kier alpha value is -1.38. The summed E-state index contributed by atoms with van der Waals surface area (Å²) in [5.41, 5.74) is 0.515. The van der Waals surface area contributed by atoms with Crippen molar-refractivity contribution in [3.8, 4) is 11.8 Å². The van der Waals surface area contributed by atoms with Crippen LogP contribution in [0.1, 0.15) is 11.7 Å². The van der Waals surface area contributed by atoms with E-state index < -0.39 is 11.9 Å². The second-order valence-electron chi connectivity index (χ2n) is 2.64. The standard InChI is InChI=1S/C9H10FNO2Si/c1-12-8-3-2-6(4-7(8)10)9(5-11)13-14/h2-4,9H,1,14H3. The first kappa shape index (κ1) is 10.7. The second-order valence-corrected chi connectivity index (χ2v) is 3.11. The summed E-state index contributed by atoms with van der Waals surface area (Å²) in [6.07, 6.45) is -0.679. The lowest BCUT2D eigenvalue weighted by Gasteiger charge is -2.09. The van der Waals surface area contributed by atoms with Gasteiger partial charge >= 0.3 is 0 Å². The number of methoxy groups -OCH3 is 1. The number of benzene rings is 1. The quantitative estimate of drug-likeness (QED) is 0.691. The van der Waals surface area contributed by atoms with Crippen molar-refractivity contribution in [3.05, 3.63) is 29.6 Å². The molecule has 0 N–H and O–H groups in total. The normalized spacial score (nSPS) is 12.1. The third-order valence-electron chi connectivity index (χ3n) is 1.83. The van der Waals surface area contributed by atoms with Crippen molar-refractivity contribution < 1.29 is 13.6 Å². The summed E-state index contributed by atoms with van der Waals surface area (Å²) in [6, 6.07) is 6.29. The summed E-state index contributed by atoms with van der Waals surface area (Å²) in [7, 11) is 1.83. The molecule has 3 nitrogen and oxygen atoms in total. The highest BCUT2D eigenvalue weighted by atomic mass is 28.2. The number of hydrogen-bond acceptors (Lipinski definition) is 3. The monoisotopic (exact) mass is 211 g/mol. The Morgan fingerprint density at radius 3 is 2.71 bits per heavy atom. The zero-order chi connectivity index (χ0) is 10.6. The average molecular weight is 211 g/mol. The van der Waals surface area contributed by atoms with Crippen molar-refractivity contribution in [2.45, 2.75) is 6.10 Å². The minimum absolute atomic E-state index is 0.166. The van der Waals surface area contributed by atoms with Crippen molar-refractivity contribution >= 4 is 10.5 Å². The van der Waals surface area contributed by atoms with Gasteiger partial charge in [-0.05, 0) is 17.7 Å². The highest BCUT2D eigenvalue weighted by Gasteiger charge is 2.11. The lowest BCUT2D eigenvalue weighted by atomic mass is 10.1. The number of nitriles is 1. The fraction of sp³-hybridized carbons (Fsp3) is 0.222. The highest BCUT2D eigenvalue weighted by Crippen LogP contribution is 2.22. The van der Waals surface area contributed by atoms with Crippen molar-refractivity contribution in [2.75, 3.05) is 7.11 Å². The van der Waals surface area contributed by atoms with Crippen LogP contribution in [0.5, 0.6) is 5.75 Å². The van der Waals surface area contributed by atoms with Gasteiger partial charge in [-0.1, -0.05) is 6.07 Å². The molecule has 1 aromatic carbocycles. The van der Waals surface area contributed by atoms with Crippen LogP contribution >= 0.6 is 0 Å². The molecule has 0 fully saturated rings. The fourth-order valence-electron chi connectivity index (χ4n) is 1.11. The molecular weight excluding hydrogens is 201 g/mol. The van der Waals surface area contributed by atoms with Gasteiger partial charge < -0.3 is 9.16 Å². The van der Waals surface area contributed by atoms with Gasteiger partial charge in [-0.3, -0.25) is 0 Å². The maximum atomic E-state index is 13.2. The van der Waals surface area contributed by atoms with E-state index in [1.807, 2.05) is 6.07 Å². The highest BCUT2D eigenvalue weighted by molar-refractivity contribution is 5.98. The van der Waals surface area contributed by atoms with Crippen LogP contribution in [0.3, 0.4) is 0 Å². The third kappa shape index (κ3) is 2.10. The first-order valence-electron chi connectivity index (χ1n) is 3.98.